The van der Waals surface area contributed by atoms with E-state index in [2.05, 4.69) is 138 Å². The minimum atomic E-state index is -0.450. The zero-order valence-corrected chi connectivity index (χ0v) is 47.2. The Bertz CT molecular complexity index is 2930. The van der Waals surface area contributed by atoms with Crippen LogP contribution in [-0.2, 0) is 4.92 Å². The van der Waals surface area contributed by atoms with Crippen LogP contribution in [-0.4, -0.2) is 29.1 Å². The van der Waals surface area contributed by atoms with Gasteiger partial charge in [0.2, 0.25) is 0 Å². The summed E-state index contributed by atoms with van der Waals surface area (Å²) in [6.07, 6.45) is 9.69. The molecule has 0 spiro atoms. The van der Waals surface area contributed by atoms with Crippen molar-refractivity contribution in [2.45, 2.75) is 0 Å². The zero-order chi connectivity index (χ0) is 44.6. The number of benzene rings is 4. The van der Waals surface area contributed by atoms with Gasteiger partial charge in [0, 0.05) is 69.5 Å². The van der Waals surface area contributed by atoms with Crippen molar-refractivity contribution in [1.82, 2.24) is 29.1 Å². The first-order chi connectivity index (χ1) is 29.9. The van der Waals surface area contributed by atoms with E-state index in [-0.39, 0.29) is 16.0 Å². The summed E-state index contributed by atoms with van der Waals surface area (Å²) in [6, 6.07) is 32.9. The summed E-state index contributed by atoms with van der Waals surface area (Å²) in [7, 11) is 0. The van der Waals surface area contributed by atoms with E-state index in [1.165, 1.54) is 39.5 Å². The molecule has 8 aromatic rings. The summed E-state index contributed by atoms with van der Waals surface area (Å²) in [4.78, 5) is 46.7. The van der Waals surface area contributed by atoms with Crippen LogP contribution in [0.3, 0.4) is 0 Å². The fourth-order valence-corrected chi connectivity index (χ4v) is 6.30. The molecule has 0 fully saturated rings. The number of rotatable bonds is 6. The molecule has 8 rings (SSSR count). The topological polar surface area (TPSA) is 99.9 Å². The molecule has 0 atom stereocenters. The quantitative estimate of drug-likeness (QED) is 0.121. The van der Waals surface area contributed by atoms with E-state index in [4.69, 9.17) is 6.57 Å². The molecule has 0 bridgehead atoms. The fraction of sp³-hybridized carbons (Fsp3) is 0. The summed E-state index contributed by atoms with van der Waals surface area (Å²) >= 11 is 16.2. The molecule has 19 heteroatoms. The van der Waals surface area contributed by atoms with Gasteiger partial charge in [0.25, 0.3) is 11.1 Å². The van der Waals surface area contributed by atoms with Crippen molar-refractivity contribution in [1.29, 1.82) is 0 Å². The van der Waals surface area contributed by atoms with Crippen molar-refractivity contribution in [3.63, 3.8) is 0 Å². The summed E-state index contributed by atoms with van der Waals surface area (Å²) in [5.41, 5.74) is 3.83. The molecule has 0 aliphatic rings. The number of nitrogens with zero attached hydrogens (tertiary/aromatic N) is 7. The van der Waals surface area contributed by atoms with E-state index < -0.39 is 11.6 Å². The van der Waals surface area contributed by atoms with Gasteiger partial charge in [-0.1, -0.05) is 70.5 Å². The van der Waals surface area contributed by atoms with Crippen molar-refractivity contribution >= 4 is 119 Å². The Labute approximate surface area is 431 Å². The van der Waals surface area contributed by atoms with Gasteiger partial charge in [0.05, 0.1) is 17.9 Å². The van der Waals surface area contributed by atoms with Gasteiger partial charge in [-0.3, -0.25) is 18.7 Å². The standard InChI is InChI=1S/C22H13FN4O.C21H13BrFN3O.I3.3HI.V/c1-24-20-9-3-2-8-18(20)19-12-15(21-25-10-5-11-26-21)14-27(22(19)28)17-7-4-6-16(23)13-17;22-19-8-2-1-7-17(19)18-11-14(20-24-9-4-10-25-20)13-26(21(18)27)16-6-3-5-15(23)12-16;1-3-2;;;;/h2-14H;1-13H;;3*1H;/q;;-1;;;;+3/p-3/i1-1;;;;;;. The van der Waals surface area contributed by atoms with Gasteiger partial charge in [-0.05, 0) is 72.3 Å². The third-order valence-corrected chi connectivity index (χ3v) is 9.03. The Kier molecular flexibility index (Phi) is 21.3. The van der Waals surface area contributed by atoms with Crippen molar-refractivity contribution in [3.8, 4) is 56.4 Å². The van der Waals surface area contributed by atoms with Crippen LogP contribution in [0.1, 0.15) is 0 Å². The van der Waals surface area contributed by atoms with E-state index in [1.807, 2.05) is 24.3 Å². The summed E-state index contributed by atoms with van der Waals surface area (Å²) in [5.74, 6) is 0.0437. The Morgan fingerprint density at radius 3 is 1.40 bits per heavy atom. The van der Waals surface area contributed by atoms with Crippen LogP contribution in [0.2, 0.25) is 0 Å². The number of para-hydroxylation sites is 1. The average molecular weight is 1600 g/mol. The maximum absolute atomic E-state index is 13.8. The van der Waals surface area contributed by atoms with E-state index in [0.29, 0.717) is 69.8 Å². The molecule has 4 aromatic carbocycles. The SMILES string of the molecule is I[I-]I.O=c1c(-c2ccccc2Br)cc(-c2ncccn2)cn1-c1cccc(F)c1.[11C-]#[N+]c1ccccc1-c1cc(-c2ncccn2)cn(-c2cccc(F)c2)c1=O.[I][V]([I])[I]. The zero-order valence-electron chi connectivity index (χ0n) is 31.3. The van der Waals surface area contributed by atoms with Gasteiger partial charge in [0.1, 0.15) is 11.6 Å². The predicted molar refractivity (Wildman–Crippen MR) is 281 cm³/mol. The monoisotopic (exact) mass is 1600 g/mol. The Hall–Kier alpha value is -2.27. The molecule has 9 nitrogen and oxygen atoms in total. The third kappa shape index (κ3) is 14.4. The maximum atomic E-state index is 13.8. The van der Waals surface area contributed by atoms with Crippen LogP contribution in [0.25, 0.3) is 61.2 Å². The first kappa shape index (κ1) is 50.7. The number of pyridine rings is 2. The number of halogens is 9. The van der Waals surface area contributed by atoms with Crippen LogP contribution < -0.4 is 24.4 Å². The first-order valence-electron chi connectivity index (χ1n) is 17.4. The van der Waals surface area contributed by atoms with Crippen LogP contribution in [0, 0.1) is 18.2 Å². The molecule has 0 saturated carbocycles. The normalized spacial score (nSPS) is 10.3. The summed E-state index contributed by atoms with van der Waals surface area (Å²) in [6.45, 7) is 7.41. The summed E-state index contributed by atoms with van der Waals surface area (Å²) < 4.78 is 31.1. The fourth-order valence-electron chi connectivity index (χ4n) is 5.80. The Morgan fingerprint density at radius 1 is 0.581 bits per heavy atom. The van der Waals surface area contributed by atoms with Crippen molar-refractivity contribution in [3.05, 3.63) is 207 Å². The minimum absolute atomic E-state index is 0.257. The second-order valence-electron chi connectivity index (χ2n) is 12.1. The molecule has 0 saturated heterocycles. The molecule has 0 unspecified atom stereocenters. The summed E-state index contributed by atoms with van der Waals surface area (Å²) in [5, 5.41) is 0. The number of hydrogen-bond acceptors (Lipinski definition) is 6. The molecule has 0 aliphatic carbocycles. The molecule has 4 aromatic heterocycles. The predicted octanol–water partition coefficient (Wildman–Crippen LogP) is 10.9. The molecule has 0 radical (unpaired) electrons. The van der Waals surface area contributed by atoms with E-state index in [0.717, 1.165) is 10.0 Å². The molecule has 0 aliphatic heterocycles. The molecule has 0 N–H and O–H groups in total. The second kappa shape index (κ2) is 26.0. The van der Waals surface area contributed by atoms with E-state index in [1.54, 1.807) is 104 Å². The van der Waals surface area contributed by atoms with Gasteiger partial charge in [0.15, 0.2) is 17.3 Å². The van der Waals surface area contributed by atoms with Gasteiger partial charge < -0.3 is 0 Å². The molecular formula is C43H26BrF2I6N7O2V-. The third-order valence-electron chi connectivity index (χ3n) is 8.33. The van der Waals surface area contributed by atoms with E-state index >= 15 is 0 Å². The van der Waals surface area contributed by atoms with Crippen molar-refractivity contribution < 1.29 is 27.0 Å². The Balaban J connectivity index is 0.000000204. The van der Waals surface area contributed by atoms with Crippen LogP contribution >= 0.6 is 113 Å². The molecular weight excluding hydrogens is 1580 g/mol. The number of hydrogen-bond donors (Lipinski definition) is 0. The molecule has 62 heavy (non-hydrogen) atoms. The van der Waals surface area contributed by atoms with Gasteiger partial charge in [-0.2, -0.15) is 0 Å². The molecule has 314 valence electrons. The van der Waals surface area contributed by atoms with Crippen LogP contribution in [0.4, 0.5) is 14.5 Å². The molecule has 4 heterocycles. The number of aromatic nitrogens is 6. The first-order valence-corrected chi connectivity index (χ1v) is 44.3. The van der Waals surface area contributed by atoms with Gasteiger partial charge in [-0.15, -0.1) is 0 Å². The van der Waals surface area contributed by atoms with E-state index in [9.17, 15) is 18.4 Å². The van der Waals surface area contributed by atoms with Crippen molar-refractivity contribution in [2.24, 2.45) is 0 Å². The molecule has 0 amide bonds. The Morgan fingerprint density at radius 2 is 0.984 bits per heavy atom. The van der Waals surface area contributed by atoms with Crippen LogP contribution in [0.5, 0.6) is 0 Å². The average Bonchev–Trinajstić information content (AvgIpc) is 3.28. The van der Waals surface area contributed by atoms with Gasteiger partial charge in [-0.25, -0.2) is 33.6 Å². The van der Waals surface area contributed by atoms with Crippen LogP contribution in [0.15, 0.2) is 173 Å². The van der Waals surface area contributed by atoms with Gasteiger partial charge >= 0.3 is 115 Å². The van der Waals surface area contributed by atoms with Crippen molar-refractivity contribution in [2.75, 3.05) is 0 Å². The second-order valence-corrected chi connectivity index (χ2v) is 64.6.